The van der Waals surface area contributed by atoms with E-state index in [2.05, 4.69) is 5.73 Å². The molecule has 0 bridgehead atoms. The minimum atomic E-state index is -0.302. The molecule has 0 aliphatic heterocycles. The quantitative estimate of drug-likeness (QED) is 0.496. The molecule has 72 valence electrons. The van der Waals surface area contributed by atoms with Crippen LogP contribution in [-0.2, 0) is 4.79 Å². The number of benzene rings is 1. The van der Waals surface area contributed by atoms with Gasteiger partial charge in [0.1, 0.15) is 5.58 Å². The van der Waals surface area contributed by atoms with E-state index in [-0.39, 0.29) is 12.0 Å². The molecule has 0 atom stereocenters. The number of nitrogens with two attached hydrogens (primary N) is 1. The van der Waals surface area contributed by atoms with E-state index in [4.69, 9.17) is 9.21 Å². The van der Waals surface area contributed by atoms with Crippen molar-refractivity contribution in [2.75, 3.05) is 0 Å². The fourth-order valence-corrected chi connectivity index (χ4v) is 1.01. The lowest BCUT2D eigenvalue weighted by Gasteiger charge is -1.91. The van der Waals surface area contributed by atoms with Crippen LogP contribution < -0.4 is 11.4 Å². The van der Waals surface area contributed by atoms with Crippen LogP contribution in [0.25, 0.3) is 11.0 Å². The first-order valence-electron chi connectivity index (χ1n) is 3.92. The number of para-hydroxylation sites is 1. The highest BCUT2D eigenvalue weighted by atomic mass is 16.4. The molecule has 0 aliphatic carbocycles. The van der Waals surface area contributed by atoms with E-state index in [0.717, 1.165) is 5.39 Å². The summed E-state index contributed by atoms with van der Waals surface area (Å²) in [4.78, 5) is 19.3. The molecule has 0 radical (unpaired) electrons. The van der Waals surface area contributed by atoms with Gasteiger partial charge in [0.25, 0.3) is 0 Å². The number of fused-ring (bicyclic) bond motifs is 1. The van der Waals surface area contributed by atoms with Crippen molar-refractivity contribution in [1.82, 2.24) is 0 Å². The number of hydrogen-bond acceptors (Lipinski definition) is 3. The molecule has 1 aromatic heterocycles. The van der Waals surface area contributed by atoms with Crippen LogP contribution in [0.4, 0.5) is 0 Å². The Kier molecular flexibility index (Phi) is 3.43. The van der Waals surface area contributed by atoms with Crippen molar-refractivity contribution in [3.8, 4) is 0 Å². The van der Waals surface area contributed by atoms with Crippen molar-refractivity contribution in [1.29, 1.82) is 0 Å². The van der Waals surface area contributed by atoms with Gasteiger partial charge < -0.3 is 10.2 Å². The first-order chi connectivity index (χ1) is 6.77. The lowest BCUT2D eigenvalue weighted by molar-refractivity contribution is -0.106. The summed E-state index contributed by atoms with van der Waals surface area (Å²) in [7, 11) is 0. The van der Waals surface area contributed by atoms with Crippen LogP contribution in [-0.4, -0.2) is 6.41 Å². The minimum Gasteiger partial charge on any atom is -0.423 e. The van der Waals surface area contributed by atoms with E-state index < -0.39 is 0 Å². The number of amides is 1. The Morgan fingerprint density at radius 1 is 1.14 bits per heavy atom. The lowest BCUT2D eigenvalue weighted by atomic mass is 10.2. The number of carbonyl (C=O) groups excluding carboxylic acids is 1. The van der Waals surface area contributed by atoms with E-state index in [9.17, 15) is 4.79 Å². The van der Waals surface area contributed by atoms with Crippen LogP contribution in [0, 0.1) is 0 Å². The Hall–Kier alpha value is -2.10. The van der Waals surface area contributed by atoms with E-state index in [0.29, 0.717) is 5.58 Å². The molecule has 0 saturated heterocycles. The summed E-state index contributed by atoms with van der Waals surface area (Å²) in [5, 5.41) is 0.951. The average molecular weight is 191 g/mol. The predicted octanol–water partition coefficient (Wildman–Crippen LogP) is 0.894. The SMILES string of the molecule is NC=O.O=c1ccc2ccccc2o1. The molecule has 2 N–H and O–H groups in total. The van der Waals surface area contributed by atoms with Crippen molar-refractivity contribution in [3.05, 3.63) is 46.8 Å². The highest BCUT2D eigenvalue weighted by Gasteiger charge is 1.92. The molecule has 1 aromatic carbocycles. The Morgan fingerprint density at radius 3 is 2.50 bits per heavy atom. The summed E-state index contributed by atoms with van der Waals surface area (Å²) in [6.07, 6.45) is 0.250. The second-order valence-electron chi connectivity index (χ2n) is 2.43. The normalized spacial score (nSPS) is 8.86. The predicted molar refractivity (Wildman–Crippen MR) is 52.7 cm³/mol. The maximum Gasteiger partial charge on any atom is 0.336 e. The Labute approximate surface area is 80.0 Å². The molecule has 14 heavy (non-hydrogen) atoms. The number of primary amides is 1. The van der Waals surface area contributed by atoms with Crippen LogP contribution >= 0.6 is 0 Å². The minimum absolute atomic E-state index is 0.250. The van der Waals surface area contributed by atoms with E-state index in [1.165, 1.54) is 6.07 Å². The molecular weight excluding hydrogens is 182 g/mol. The molecule has 1 amide bonds. The molecule has 4 nitrogen and oxygen atoms in total. The van der Waals surface area contributed by atoms with Gasteiger partial charge in [-0.15, -0.1) is 0 Å². The van der Waals surface area contributed by atoms with Gasteiger partial charge in [-0.25, -0.2) is 4.79 Å². The van der Waals surface area contributed by atoms with Gasteiger partial charge in [-0.05, 0) is 12.1 Å². The number of carbonyl (C=O) groups is 1. The third-order valence-corrected chi connectivity index (χ3v) is 1.53. The van der Waals surface area contributed by atoms with Gasteiger partial charge in [0.15, 0.2) is 0 Å². The van der Waals surface area contributed by atoms with Crippen LogP contribution in [0.2, 0.25) is 0 Å². The largest absolute Gasteiger partial charge is 0.423 e. The molecular formula is C10H9NO3. The maximum atomic E-state index is 10.7. The zero-order chi connectivity index (χ0) is 10.4. The zero-order valence-corrected chi connectivity index (χ0v) is 7.34. The third kappa shape index (κ3) is 2.45. The van der Waals surface area contributed by atoms with Gasteiger partial charge in [0.2, 0.25) is 6.41 Å². The number of hydrogen-bond donors (Lipinski definition) is 1. The lowest BCUT2D eigenvalue weighted by Crippen LogP contribution is -1.93. The number of rotatable bonds is 0. The molecule has 0 aliphatic rings. The summed E-state index contributed by atoms with van der Waals surface area (Å²) in [6.45, 7) is 0. The van der Waals surface area contributed by atoms with E-state index >= 15 is 0 Å². The van der Waals surface area contributed by atoms with Gasteiger partial charge in [-0.1, -0.05) is 18.2 Å². The second-order valence-corrected chi connectivity index (χ2v) is 2.43. The van der Waals surface area contributed by atoms with E-state index in [1.54, 1.807) is 12.1 Å². The molecule has 2 rings (SSSR count). The molecule has 0 unspecified atom stereocenters. The van der Waals surface area contributed by atoms with Crippen molar-refractivity contribution in [2.24, 2.45) is 5.73 Å². The van der Waals surface area contributed by atoms with Crippen LogP contribution in [0.5, 0.6) is 0 Å². The summed E-state index contributed by atoms with van der Waals surface area (Å²) in [6, 6.07) is 10.6. The van der Waals surface area contributed by atoms with Gasteiger partial charge >= 0.3 is 5.63 Å². The third-order valence-electron chi connectivity index (χ3n) is 1.53. The molecule has 0 fully saturated rings. The Morgan fingerprint density at radius 2 is 1.79 bits per heavy atom. The Bertz CT molecular complexity index is 476. The summed E-state index contributed by atoms with van der Waals surface area (Å²) in [5.74, 6) is 0. The summed E-state index contributed by atoms with van der Waals surface area (Å²) in [5.41, 5.74) is 4.50. The first kappa shape index (κ1) is 9.98. The van der Waals surface area contributed by atoms with Crippen molar-refractivity contribution < 1.29 is 9.21 Å². The molecule has 2 aromatic rings. The van der Waals surface area contributed by atoms with Crippen LogP contribution in [0.15, 0.2) is 45.6 Å². The van der Waals surface area contributed by atoms with Crippen molar-refractivity contribution in [2.45, 2.75) is 0 Å². The first-order valence-corrected chi connectivity index (χ1v) is 3.92. The fraction of sp³-hybridized carbons (Fsp3) is 0. The Balaban J connectivity index is 0.000000293. The molecule has 0 saturated carbocycles. The van der Waals surface area contributed by atoms with E-state index in [1.807, 2.05) is 18.2 Å². The monoisotopic (exact) mass is 191 g/mol. The topological polar surface area (TPSA) is 73.3 Å². The van der Waals surface area contributed by atoms with Gasteiger partial charge in [0, 0.05) is 11.5 Å². The highest BCUT2D eigenvalue weighted by Crippen LogP contribution is 2.08. The van der Waals surface area contributed by atoms with Crippen molar-refractivity contribution >= 4 is 17.4 Å². The van der Waals surface area contributed by atoms with Crippen LogP contribution in [0.3, 0.4) is 0 Å². The van der Waals surface area contributed by atoms with Gasteiger partial charge in [-0.3, -0.25) is 4.79 Å². The second kappa shape index (κ2) is 4.81. The summed E-state index contributed by atoms with van der Waals surface area (Å²) >= 11 is 0. The van der Waals surface area contributed by atoms with Crippen LogP contribution in [0.1, 0.15) is 0 Å². The smallest absolute Gasteiger partial charge is 0.336 e. The average Bonchev–Trinajstić information content (AvgIpc) is 2.19. The van der Waals surface area contributed by atoms with Gasteiger partial charge in [0.05, 0.1) is 0 Å². The summed E-state index contributed by atoms with van der Waals surface area (Å²) < 4.78 is 4.91. The molecule has 1 heterocycles. The van der Waals surface area contributed by atoms with Gasteiger partial charge in [-0.2, -0.15) is 0 Å². The zero-order valence-electron chi connectivity index (χ0n) is 7.34. The molecule has 0 spiro atoms. The fourth-order valence-electron chi connectivity index (χ4n) is 1.01. The highest BCUT2D eigenvalue weighted by molar-refractivity contribution is 5.75. The maximum absolute atomic E-state index is 10.7. The standard InChI is InChI=1S/C9H6O2.CH3NO/c10-9-6-5-7-3-1-2-4-8(7)11-9;2-1-3/h1-6H;1H,(H2,2,3). The van der Waals surface area contributed by atoms with Crippen molar-refractivity contribution in [3.63, 3.8) is 0 Å². The molecule has 4 heteroatoms.